The van der Waals surface area contributed by atoms with Crippen molar-refractivity contribution in [1.82, 2.24) is 4.73 Å². The molecule has 3 rings (SSSR count). The van der Waals surface area contributed by atoms with Gasteiger partial charge >= 0.3 is 11.7 Å². The zero-order valence-corrected chi connectivity index (χ0v) is 10.1. The maximum Gasteiger partial charge on any atom is 0.433 e. The molecule has 0 radical (unpaired) electrons. The van der Waals surface area contributed by atoms with Crippen LogP contribution in [-0.2, 0) is 6.42 Å². The van der Waals surface area contributed by atoms with Crippen LogP contribution < -0.4 is 4.73 Å². The summed E-state index contributed by atoms with van der Waals surface area (Å²) in [6, 6.07) is 2.27. The van der Waals surface area contributed by atoms with Crippen LogP contribution in [0.5, 0.6) is 0 Å². The van der Waals surface area contributed by atoms with Crippen LogP contribution in [0.3, 0.4) is 0 Å². The van der Waals surface area contributed by atoms with Gasteiger partial charge in [0.2, 0.25) is 11.5 Å². The monoisotopic (exact) mass is 279 g/mol. The van der Waals surface area contributed by atoms with E-state index in [1.165, 1.54) is 6.07 Å². The highest BCUT2D eigenvalue weighted by Crippen LogP contribution is 2.28. The van der Waals surface area contributed by atoms with E-state index in [0.717, 1.165) is 6.07 Å². The Hall–Kier alpha value is -2.84. The van der Waals surface area contributed by atoms with Gasteiger partial charge in [-0.2, -0.15) is 0 Å². The van der Waals surface area contributed by atoms with E-state index in [1.807, 2.05) is 0 Å². The van der Waals surface area contributed by atoms with Crippen molar-refractivity contribution in [2.45, 2.75) is 19.3 Å². The molecule has 0 spiro atoms. The minimum atomic E-state index is -0.756. The van der Waals surface area contributed by atoms with Crippen LogP contribution in [0.4, 0.5) is 5.88 Å². The minimum absolute atomic E-state index is 0.0831. The van der Waals surface area contributed by atoms with Gasteiger partial charge in [-0.1, -0.05) is 0 Å². The summed E-state index contributed by atoms with van der Waals surface area (Å²) in [6.07, 6.45) is 1.12. The Bertz CT molecular complexity index is 729. The van der Waals surface area contributed by atoms with Crippen molar-refractivity contribution >= 4 is 11.7 Å². The number of carbonyl (C=O) groups excluding carboxylic acids is 1. The molecule has 0 aliphatic heterocycles. The summed E-state index contributed by atoms with van der Waals surface area (Å²) in [5, 5.41) is 32.7. The number of hydrogen-bond acceptors (Lipinski definition) is 6. The zero-order chi connectivity index (χ0) is 14.4. The van der Waals surface area contributed by atoms with E-state index in [4.69, 9.17) is 4.42 Å². The van der Waals surface area contributed by atoms with Crippen LogP contribution in [0.1, 0.15) is 29.0 Å². The number of rotatable bonds is 2. The van der Waals surface area contributed by atoms with Crippen LogP contribution >= 0.6 is 0 Å². The number of furan rings is 1. The van der Waals surface area contributed by atoms with E-state index < -0.39 is 10.8 Å². The third-order valence-corrected chi connectivity index (χ3v) is 3.20. The molecule has 1 aliphatic rings. The van der Waals surface area contributed by atoms with Crippen LogP contribution in [-0.4, -0.2) is 20.6 Å². The first-order valence-corrected chi connectivity index (χ1v) is 5.85. The molecule has 0 saturated heterocycles. The van der Waals surface area contributed by atoms with Crippen LogP contribution in [0.2, 0.25) is 0 Å². The van der Waals surface area contributed by atoms with Gasteiger partial charge in [-0.05, 0) is 11.2 Å². The molecule has 0 atom stereocenters. The summed E-state index contributed by atoms with van der Waals surface area (Å²) < 4.78 is 5.73. The Morgan fingerprint density at radius 2 is 2.15 bits per heavy atom. The average Bonchev–Trinajstić information content (AvgIpc) is 2.95. The molecule has 0 fully saturated rings. The van der Waals surface area contributed by atoms with Gasteiger partial charge < -0.3 is 14.8 Å². The Kier molecular flexibility index (Phi) is 2.49. The molecule has 2 aromatic rings. The smallest absolute Gasteiger partial charge is 0.433 e. The lowest BCUT2D eigenvalue weighted by Gasteiger charge is -2.08. The quantitative estimate of drug-likeness (QED) is 0.288. The van der Waals surface area contributed by atoms with Crippen LogP contribution in [0, 0.1) is 15.3 Å². The molecule has 0 bridgehead atoms. The molecule has 1 aliphatic carbocycles. The number of Topliss-reactive ketones (excluding diaryl/α,β-unsaturated/α-hetero) is 1. The largest absolute Gasteiger partial charge is 0.710 e. The third-order valence-electron chi connectivity index (χ3n) is 3.20. The second kappa shape index (κ2) is 4.08. The van der Waals surface area contributed by atoms with Crippen molar-refractivity contribution in [3.05, 3.63) is 38.8 Å². The van der Waals surface area contributed by atoms with Gasteiger partial charge in [-0.15, -0.1) is 0 Å². The van der Waals surface area contributed by atoms with Gasteiger partial charge in [0, 0.05) is 18.9 Å². The number of aromatic nitrogens is 2. The molecule has 2 heterocycles. The first-order valence-electron chi connectivity index (χ1n) is 5.85. The number of fused-ring (bicyclic) bond motifs is 1. The zero-order valence-electron chi connectivity index (χ0n) is 10.1. The number of imidazole rings is 1. The van der Waals surface area contributed by atoms with Crippen LogP contribution in [0.25, 0.3) is 11.6 Å². The SMILES string of the molecule is O=C1CCCc2c1n(O)c(-c1ccc([N+](=O)[O-])o1)[n+]2[O-]. The van der Waals surface area contributed by atoms with Crippen molar-refractivity contribution in [1.29, 1.82) is 0 Å². The standard InChI is InChI=1S/C11H9N3O6/c15-7-3-1-2-6-10(7)13(17)11(12(6)16)8-4-5-9(20-8)14(18)19/h4-5,17H,1-3H2. The van der Waals surface area contributed by atoms with E-state index in [1.54, 1.807) is 0 Å². The van der Waals surface area contributed by atoms with E-state index in [-0.39, 0.29) is 35.2 Å². The van der Waals surface area contributed by atoms with Gasteiger partial charge in [-0.25, -0.2) is 4.73 Å². The first kappa shape index (κ1) is 12.2. The summed E-state index contributed by atoms with van der Waals surface area (Å²) in [6.45, 7) is 0. The molecule has 0 amide bonds. The highest BCUT2D eigenvalue weighted by Gasteiger charge is 2.37. The summed E-state index contributed by atoms with van der Waals surface area (Å²) in [7, 11) is 0. The summed E-state index contributed by atoms with van der Waals surface area (Å²) in [5.41, 5.74) is 0.0677. The molecule has 104 valence electrons. The van der Waals surface area contributed by atoms with Crippen molar-refractivity contribution < 1.29 is 24.1 Å². The Morgan fingerprint density at radius 1 is 1.40 bits per heavy atom. The molecule has 0 unspecified atom stereocenters. The molecular formula is C11H9N3O6. The second-order valence-electron chi connectivity index (χ2n) is 4.40. The van der Waals surface area contributed by atoms with E-state index in [0.29, 0.717) is 22.3 Å². The fourth-order valence-electron chi connectivity index (χ4n) is 2.32. The molecule has 0 saturated carbocycles. The van der Waals surface area contributed by atoms with Crippen molar-refractivity contribution in [3.8, 4) is 11.6 Å². The number of ketones is 1. The van der Waals surface area contributed by atoms with Gasteiger partial charge in [-0.3, -0.25) is 14.9 Å². The third kappa shape index (κ3) is 1.56. The molecule has 9 nitrogen and oxygen atoms in total. The molecule has 2 aromatic heterocycles. The maximum absolute atomic E-state index is 12.1. The fourth-order valence-corrected chi connectivity index (χ4v) is 2.32. The Balaban J connectivity index is 2.19. The van der Waals surface area contributed by atoms with Crippen molar-refractivity contribution in [2.75, 3.05) is 0 Å². The number of nitro groups is 1. The van der Waals surface area contributed by atoms with Crippen LogP contribution in [0.15, 0.2) is 16.5 Å². The lowest BCUT2D eigenvalue weighted by atomic mass is 10.0. The maximum atomic E-state index is 12.1. The molecule has 0 aromatic carbocycles. The predicted octanol–water partition coefficient (Wildman–Crippen LogP) is 1.05. The number of hydrogen-bond donors (Lipinski definition) is 1. The first-order chi connectivity index (χ1) is 9.50. The average molecular weight is 279 g/mol. The molecule has 1 N–H and O–H groups in total. The van der Waals surface area contributed by atoms with Crippen molar-refractivity contribution in [3.63, 3.8) is 0 Å². The minimum Gasteiger partial charge on any atom is -0.710 e. The van der Waals surface area contributed by atoms with Gasteiger partial charge in [0.15, 0.2) is 5.69 Å². The van der Waals surface area contributed by atoms with E-state index in [9.17, 15) is 25.3 Å². The molecule has 20 heavy (non-hydrogen) atoms. The molecular weight excluding hydrogens is 270 g/mol. The lowest BCUT2D eigenvalue weighted by Crippen LogP contribution is -2.33. The van der Waals surface area contributed by atoms with Crippen molar-refractivity contribution in [2.24, 2.45) is 0 Å². The van der Waals surface area contributed by atoms with Gasteiger partial charge in [0.05, 0.1) is 6.07 Å². The van der Waals surface area contributed by atoms with E-state index >= 15 is 0 Å². The normalized spacial score (nSPS) is 14.3. The topological polar surface area (TPSA) is 125 Å². The summed E-state index contributed by atoms with van der Waals surface area (Å²) >= 11 is 0. The predicted molar refractivity (Wildman–Crippen MR) is 62.2 cm³/mol. The highest BCUT2D eigenvalue weighted by atomic mass is 16.6. The van der Waals surface area contributed by atoms with E-state index in [2.05, 4.69) is 0 Å². The van der Waals surface area contributed by atoms with Gasteiger partial charge in [0.25, 0.3) is 5.69 Å². The Labute approximate surface area is 111 Å². The Morgan fingerprint density at radius 3 is 2.75 bits per heavy atom. The fraction of sp³-hybridized carbons (Fsp3) is 0.273. The highest BCUT2D eigenvalue weighted by molar-refractivity contribution is 5.96. The molecule has 9 heteroatoms. The number of nitrogens with zero attached hydrogens (tertiary/aromatic N) is 3. The summed E-state index contributed by atoms with van der Waals surface area (Å²) in [5.74, 6) is -1.40. The summed E-state index contributed by atoms with van der Waals surface area (Å²) in [4.78, 5) is 21.6. The second-order valence-corrected chi connectivity index (χ2v) is 4.40. The number of carbonyl (C=O) groups is 1. The van der Waals surface area contributed by atoms with Gasteiger partial charge in [0.1, 0.15) is 4.92 Å². The lowest BCUT2D eigenvalue weighted by molar-refractivity contribution is -0.603.